The van der Waals surface area contributed by atoms with Gasteiger partial charge >= 0.3 is 0 Å². The van der Waals surface area contributed by atoms with E-state index in [2.05, 4.69) is 79.7 Å². The molecule has 0 saturated heterocycles. The van der Waals surface area contributed by atoms with Crippen LogP contribution in [0, 0.1) is 0 Å². The molecule has 1 heterocycles. The Morgan fingerprint density at radius 1 is 0.652 bits per heavy atom. The lowest BCUT2D eigenvalue weighted by molar-refractivity contribution is 1.14. The number of hydrogen-bond acceptors (Lipinski definition) is 0. The van der Waals surface area contributed by atoms with E-state index in [9.17, 15) is 0 Å². The van der Waals surface area contributed by atoms with Crippen molar-refractivity contribution in [2.75, 3.05) is 0 Å². The van der Waals surface area contributed by atoms with E-state index < -0.39 is 0 Å². The maximum absolute atomic E-state index is 2.31. The molecule has 0 spiro atoms. The molecule has 1 aromatic heterocycles. The molecule has 0 aliphatic carbocycles. The molecule has 0 bridgehead atoms. The Kier molecular flexibility index (Phi) is 4.78. The molecule has 3 aromatic carbocycles. The second kappa shape index (κ2) is 6.97. The molecule has 4 rings (SSSR count). The van der Waals surface area contributed by atoms with Gasteiger partial charge in [0.2, 0.25) is 0 Å². The maximum atomic E-state index is 2.31. The minimum atomic E-state index is 0.0492. The van der Waals surface area contributed by atoms with Gasteiger partial charge in [-0.15, -0.1) is 0 Å². The summed E-state index contributed by atoms with van der Waals surface area (Å²) in [6.07, 6.45) is 1.10. The average molecular weight is 319 g/mol. The van der Waals surface area contributed by atoms with E-state index in [4.69, 9.17) is 0 Å². The Morgan fingerprint density at radius 2 is 1.13 bits per heavy atom. The van der Waals surface area contributed by atoms with E-state index in [0.717, 1.165) is 6.42 Å². The minimum Gasteiger partial charge on any atom is -0.0683 e. The number of thiophene rings is 1. The van der Waals surface area contributed by atoms with Gasteiger partial charge in [-0.1, -0.05) is 57.2 Å². The molecule has 0 aliphatic heterocycles. The third-order valence-electron chi connectivity index (χ3n) is 4.07. The van der Waals surface area contributed by atoms with Crippen LogP contribution in [0.5, 0.6) is 0 Å². The Bertz CT molecular complexity index is 860. The zero-order valence-electron chi connectivity index (χ0n) is 14.0. The summed E-state index contributed by atoms with van der Waals surface area (Å²) in [6.45, 7) is 6.21. The van der Waals surface area contributed by atoms with Crippen molar-refractivity contribution in [3.05, 3.63) is 78.4 Å². The second-order valence-corrected chi connectivity index (χ2v) is 7.26. The van der Waals surface area contributed by atoms with Crippen molar-refractivity contribution >= 4 is 30.6 Å². The van der Waals surface area contributed by atoms with Crippen LogP contribution in [0.3, 0.4) is 0 Å². The van der Waals surface area contributed by atoms with Crippen molar-refractivity contribution in [2.45, 2.75) is 27.2 Å². The first-order valence-electron chi connectivity index (χ1n) is 8.40. The van der Waals surface area contributed by atoms with Crippen LogP contribution in [-0.2, 0) is 6.42 Å². The first-order valence-corrected chi connectivity index (χ1v) is 9.62. The minimum absolute atomic E-state index is 0.0492. The van der Waals surface area contributed by atoms with Gasteiger partial charge in [0.05, 0.1) is 0 Å². The third kappa shape index (κ3) is 2.77. The molecule has 0 nitrogen and oxygen atoms in total. The van der Waals surface area contributed by atoms with Gasteiger partial charge in [0.25, 0.3) is 0 Å². The standard InChI is InChI=1S/C20H17S.C2H6/c1-2-15-11-13-16(14-12-15)21-19-9-5-3-7-17(19)18-8-4-6-10-20(18)21;1-2/h3-14H,2H2,1H3;1-2H3/q+1;. The van der Waals surface area contributed by atoms with E-state index in [1.807, 2.05) is 13.8 Å². The molecule has 116 valence electrons. The highest BCUT2D eigenvalue weighted by atomic mass is 32.2. The summed E-state index contributed by atoms with van der Waals surface area (Å²) in [5, 5.41) is 2.80. The lowest BCUT2D eigenvalue weighted by atomic mass is 10.2. The van der Waals surface area contributed by atoms with Crippen LogP contribution < -0.4 is 0 Å². The van der Waals surface area contributed by atoms with Crippen molar-refractivity contribution in [1.82, 2.24) is 0 Å². The molecule has 0 saturated carbocycles. The van der Waals surface area contributed by atoms with Crippen LogP contribution in [0.25, 0.3) is 25.1 Å². The topological polar surface area (TPSA) is 0 Å². The summed E-state index contributed by atoms with van der Waals surface area (Å²) in [7, 11) is 0.0492. The lowest BCUT2D eigenvalue weighted by Gasteiger charge is -1.96. The fourth-order valence-corrected chi connectivity index (χ4v) is 5.35. The SMILES string of the molecule is CC.CCc1ccc(-[s+]2c3ccccc3c3ccccc32)cc1. The van der Waals surface area contributed by atoms with Gasteiger partial charge in [0, 0.05) is 21.2 Å². The zero-order valence-corrected chi connectivity index (χ0v) is 14.9. The van der Waals surface area contributed by atoms with Crippen molar-refractivity contribution in [2.24, 2.45) is 0 Å². The molecule has 0 fully saturated rings. The molecule has 0 unspecified atom stereocenters. The summed E-state index contributed by atoms with van der Waals surface area (Å²) in [5.74, 6) is 0. The summed E-state index contributed by atoms with van der Waals surface area (Å²) >= 11 is 0. The summed E-state index contributed by atoms with van der Waals surface area (Å²) in [6, 6.07) is 26.8. The van der Waals surface area contributed by atoms with Crippen LogP contribution >= 0.6 is 10.5 Å². The molecule has 4 aromatic rings. The van der Waals surface area contributed by atoms with Gasteiger partial charge in [-0.05, 0) is 48.4 Å². The summed E-state index contributed by atoms with van der Waals surface area (Å²) in [5.41, 5.74) is 1.41. The largest absolute Gasteiger partial charge is 0.187 e. The molecule has 0 N–H and O–H groups in total. The zero-order chi connectivity index (χ0) is 16.2. The summed E-state index contributed by atoms with van der Waals surface area (Å²) in [4.78, 5) is 1.42. The van der Waals surface area contributed by atoms with Crippen LogP contribution in [0.4, 0.5) is 0 Å². The molecular formula is C22H23S+. The molecule has 0 atom stereocenters. The molecule has 0 radical (unpaired) electrons. The van der Waals surface area contributed by atoms with Gasteiger partial charge in [-0.2, -0.15) is 0 Å². The Labute approximate surface area is 141 Å². The van der Waals surface area contributed by atoms with Crippen molar-refractivity contribution < 1.29 is 0 Å². The molecule has 0 aliphatic rings. The van der Waals surface area contributed by atoms with Crippen LogP contribution in [0.1, 0.15) is 26.3 Å². The van der Waals surface area contributed by atoms with Gasteiger partial charge in [0.15, 0.2) is 14.3 Å². The normalized spacial score (nSPS) is 10.6. The molecule has 23 heavy (non-hydrogen) atoms. The number of hydrogen-bond donors (Lipinski definition) is 0. The smallest absolute Gasteiger partial charge is 0.0683 e. The van der Waals surface area contributed by atoms with Crippen LogP contribution in [0.15, 0.2) is 72.8 Å². The number of benzene rings is 3. The van der Waals surface area contributed by atoms with Gasteiger partial charge in [0.1, 0.15) is 0 Å². The quantitative estimate of drug-likeness (QED) is 0.339. The first kappa shape index (κ1) is 15.8. The Hall–Kier alpha value is -2.12. The van der Waals surface area contributed by atoms with E-state index in [0.29, 0.717) is 0 Å². The highest BCUT2D eigenvalue weighted by Crippen LogP contribution is 2.47. The highest BCUT2D eigenvalue weighted by molar-refractivity contribution is 7.50. The summed E-state index contributed by atoms with van der Waals surface area (Å²) < 4.78 is 2.92. The number of fused-ring (bicyclic) bond motifs is 3. The third-order valence-corrected chi connectivity index (χ3v) is 6.41. The predicted octanol–water partition coefficient (Wildman–Crippen LogP) is 7.32. The van der Waals surface area contributed by atoms with Gasteiger partial charge in [-0.25, -0.2) is 0 Å². The van der Waals surface area contributed by atoms with Crippen LogP contribution in [0.2, 0.25) is 0 Å². The van der Waals surface area contributed by atoms with Crippen molar-refractivity contribution in [1.29, 1.82) is 0 Å². The lowest BCUT2D eigenvalue weighted by Crippen LogP contribution is -1.78. The van der Waals surface area contributed by atoms with Crippen LogP contribution in [-0.4, -0.2) is 0 Å². The Morgan fingerprint density at radius 3 is 1.61 bits per heavy atom. The van der Waals surface area contributed by atoms with E-state index in [1.165, 1.54) is 30.6 Å². The van der Waals surface area contributed by atoms with Crippen molar-refractivity contribution in [3.8, 4) is 4.90 Å². The number of rotatable bonds is 2. The monoisotopic (exact) mass is 319 g/mol. The van der Waals surface area contributed by atoms with Gasteiger partial charge < -0.3 is 0 Å². The van der Waals surface area contributed by atoms with E-state index in [1.54, 1.807) is 0 Å². The van der Waals surface area contributed by atoms with Gasteiger partial charge in [-0.3, -0.25) is 0 Å². The average Bonchev–Trinajstić information content (AvgIpc) is 2.98. The fourth-order valence-electron chi connectivity index (χ4n) is 2.97. The maximum Gasteiger partial charge on any atom is 0.187 e. The Balaban J connectivity index is 0.000000753. The molecule has 1 heteroatoms. The van der Waals surface area contributed by atoms with E-state index in [-0.39, 0.29) is 10.5 Å². The predicted molar refractivity (Wildman–Crippen MR) is 106 cm³/mol. The molecule has 0 amide bonds. The number of aryl methyl sites for hydroxylation is 1. The first-order chi connectivity index (χ1) is 11.4. The molecular weight excluding hydrogens is 296 g/mol. The fraction of sp³-hybridized carbons (Fsp3) is 0.182. The van der Waals surface area contributed by atoms with E-state index >= 15 is 0 Å². The highest BCUT2D eigenvalue weighted by Gasteiger charge is 2.22. The van der Waals surface area contributed by atoms with Crippen molar-refractivity contribution in [3.63, 3.8) is 0 Å². The second-order valence-electron chi connectivity index (χ2n) is 5.30.